The Labute approximate surface area is 121 Å². The van der Waals surface area contributed by atoms with Gasteiger partial charge in [-0.05, 0) is 24.3 Å². The van der Waals surface area contributed by atoms with E-state index in [2.05, 4.69) is 25.9 Å². The lowest BCUT2D eigenvalue weighted by atomic mass is 9.85. The largest absolute Gasteiger partial charge is 0.379 e. The van der Waals surface area contributed by atoms with Crippen LogP contribution in [0.3, 0.4) is 0 Å². The van der Waals surface area contributed by atoms with Crippen LogP contribution in [0.5, 0.6) is 0 Å². The van der Waals surface area contributed by atoms with E-state index in [4.69, 9.17) is 10.5 Å². The maximum absolute atomic E-state index is 12.4. The average molecular weight is 288 g/mol. The Morgan fingerprint density at radius 1 is 1.57 bits per heavy atom. The Bertz CT molecular complexity index is 644. The molecule has 2 heterocycles. The lowest BCUT2D eigenvalue weighted by Crippen LogP contribution is -2.47. The molecule has 8 heteroatoms. The normalized spacial score (nSPS) is 25.0. The van der Waals surface area contributed by atoms with Crippen molar-refractivity contribution >= 4 is 11.6 Å². The number of carbonyl (C=O) groups is 1. The number of nitrogens with two attached hydrogens (primary N) is 1. The molecule has 1 amide bonds. The minimum Gasteiger partial charge on any atom is -0.379 e. The van der Waals surface area contributed by atoms with E-state index >= 15 is 0 Å². The van der Waals surface area contributed by atoms with Gasteiger partial charge in [0.2, 0.25) is 11.7 Å². The van der Waals surface area contributed by atoms with E-state index in [0.29, 0.717) is 24.7 Å². The van der Waals surface area contributed by atoms with Crippen LogP contribution in [-0.4, -0.2) is 45.8 Å². The van der Waals surface area contributed by atoms with Crippen LogP contribution in [-0.2, 0) is 9.53 Å². The zero-order chi connectivity index (χ0) is 14.9. The molecular formula is C13H16N6O2. The molecule has 0 saturated carbocycles. The van der Waals surface area contributed by atoms with Crippen molar-refractivity contribution in [3.63, 3.8) is 0 Å². The summed E-state index contributed by atoms with van der Waals surface area (Å²) < 4.78 is 5.30. The predicted octanol–water partition coefficient (Wildman–Crippen LogP) is 0.169. The number of benzene rings is 1. The van der Waals surface area contributed by atoms with E-state index < -0.39 is 5.41 Å². The Kier molecular flexibility index (Phi) is 3.40. The second kappa shape index (κ2) is 5.23. The Morgan fingerprint density at radius 3 is 3.10 bits per heavy atom. The van der Waals surface area contributed by atoms with Crippen LogP contribution in [0.2, 0.25) is 0 Å². The van der Waals surface area contributed by atoms with Crippen LogP contribution in [0.15, 0.2) is 24.3 Å². The van der Waals surface area contributed by atoms with E-state index in [1.807, 2.05) is 19.1 Å². The minimum absolute atomic E-state index is 0.155. The van der Waals surface area contributed by atoms with Crippen molar-refractivity contribution in [2.45, 2.75) is 13.0 Å². The van der Waals surface area contributed by atoms with Gasteiger partial charge in [0.1, 0.15) is 0 Å². The zero-order valence-corrected chi connectivity index (χ0v) is 11.5. The number of hydrogen-bond donors (Lipinski definition) is 3. The number of H-pyrrole nitrogens is 1. The SMILES string of the molecule is CC1(C(=O)Nc2cccc(-c3nn[nH]n3)c2)COCC1N. The summed E-state index contributed by atoms with van der Waals surface area (Å²) in [6.45, 7) is 2.53. The number of nitrogens with one attached hydrogen (secondary N) is 2. The van der Waals surface area contributed by atoms with Crippen molar-refractivity contribution in [1.82, 2.24) is 20.6 Å². The maximum atomic E-state index is 12.4. The molecule has 0 radical (unpaired) electrons. The molecule has 1 aromatic heterocycles. The van der Waals surface area contributed by atoms with Crippen molar-refractivity contribution < 1.29 is 9.53 Å². The minimum atomic E-state index is -0.720. The number of hydrogen-bond acceptors (Lipinski definition) is 6. The first-order valence-corrected chi connectivity index (χ1v) is 6.58. The van der Waals surface area contributed by atoms with E-state index in [-0.39, 0.29) is 11.9 Å². The van der Waals surface area contributed by atoms with Gasteiger partial charge < -0.3 is 15.8 Å². The number of carbonyl (C=O) groups excluding carboxylic acids is 1. The molecule has 0 spiro atoms. The maximum Gasteiger partial charge on any atom is 0.234 e. The predicted molar refractivity (Wildman–Crippen MR) is 75.1 cm³/mol. The topological polar surface area (TPSA) is 119 Å². The highest BCUT2D eigenvalue weighted by Gasteiger charge is 2.44. The lowest BCUT2D eigenvalue weighted by Gasteiger charge is -2.25. The van der Waals surface area contributed by atoms with E-state index in [0.717, 1.165) is 5.56 Å². The number of aromatic nitrogens is 4. The molecule has 0 bridgehead atoms. The molecule has 1 aliphatic heterocycles. The van der Waals surface area contributed by atoms with Crippen LogP contribution in [0.1, 0.15) is 6.92 Å². The summed E-state index contributed by atoms with van der Waals surface area (Å²) in [6.07, 6.45) is 0. The Morgan fingerprint density at radius 2 is 2.43 bits per heavy atom. The summed E-state index contributed by atoms with van der Waals surface area (Å²) in [7, 11) is 0. The van der Waals surface area contributed by atoms with Crippen molar-refractivity contribution in [1.29, 1.82) is 0 Å². The summed E-state index contributed by atoms with van der Waals surface area (Å²) in [4.78, 5) is 12.4. The van der Waals surface area contributed by atoms with Crippen molar-refractivity contribution in [3.05, 3.63) is 24.3 Å². The highest BCUT2D eigenvalue weighted by Crippen LogP contribution is 2.29. The fourth-order valence-corrected chi connectivity index (χ4v) is 2.22. The number of rotatable bonds is 3. The number of nitrogens with zero attached hydrogens (tertiary/aromatic N) is 3. The molecule has 1 fully saturated rings. The zero-order valence-electron chi connectivity index (χ0n) is 11.5. The quantitative estimate of drug-likeness (QED) is 0.740. The van der Waals surface area contributed by atoms with Gasteiger partial charge in [0.15, 0.2) is 0 Å². The first-order chi connectivity index (χ1) is 10.1. The summed E-state index contributed by atoms with van der Waals surface area (Å²) in [6, 6.07) is 6.93. The fraction of sp³-hybridized carbons (Fsp3) is 0.385. The van der Waals surface area contributed by atoms with Gasteiger partial charge in [0, 0.05) is 17.3 Å². The van der Waals surface area contributed by atoms with Gasteiger partial charge in [0.25, 0.3) is 0 Å². The standard InChI is InChI=1S/C13H16N6O2/c1-13(7-21-6-10(13)14)12(20)15-9-4-2-3-8(5-9)11-16-18-19-17-11/h2-5,10H,6-7,14H2,1H3,(H,15,20)(H,16,17,18,19). The molecular weight excluding hydrogens is 272 g/mol. The molecule has 1 aliphatic rings. The van der Waals surface area contributed by atoms with Gasteiger partial charge in [-0.15, -0.1) is 10.2 Å². The van der Waals surface area contributed by atoms with Gasteiger partial charge in [-0.2, -0.15) is 5.21 Å². The van der Waals surface area contributed by atoms with Gasteiger partial charge in [0.05, 0.1) is 18.6 Å². The molecule has 21 heavy (non-hydrogen) atoms. The van der Waals surface area contributed by atoms with Crippen LogP contribution in [0, 0.1) is 5.41 Å². The smallest absolute Gasteiger partial charge is 0.234 e. The Hall–Kier alpha value is -2.32. The number of amides is 1. The third-order valence-corrected chi connectivity index (χ3v) is 3.76. The molecule has 1 saturated heterocycles. The van der Waals surface area contributed by atoms with Gasteiger partial charge in [-0.3, -0.25) is 4.79 Å². The number of anilines is 1. The fourth-order valence-electron chi connectivity index (χ4n) is 2.22. The summed E-state index contributed by atoms with van der Waals surface area (Å²) in [5.41, 5.74) is 6.65. The molecule has 3 rings (SSSR count). The van der Waals surface area contributed by atoms with Crippen LogP contribution in [0.25, 0.3) is 11.4 Å². The average Bonchev–Trinajstić information content (AvgIpc) is 3.11. The second-order valence-corrected chi connectivity index (χ2v) is 5.31. The highest BCUT2D eigenvalue weighted by molar-refractivity contribution is 5.96. The molecule has 0 aliphatic carbocycles. The monoisotopic (exact) mass is 288 g/mol. The molecule has 110 valence electrons. The van der Waals surface area contributed by atoms with Gasteiger partial charge in [-0.1, -0.05) is 12.1 Å². The summed E-state index contributed by atoms with van der Waals surface area (Å²) >= 11 is 0. The third-order valence-electron chi connectivity index (χ3n) is 3.76. The Balaban J connectivity index is 1.79. The molecule has 2 aromatic rings. The van der Waals surface area contributed by atoms with Crippen LogP contribution >= 0.6 is 0 Å². The molecule has 8 nitrogen and oxygen atoms in total. The second-order valence-electron chi connectivity index (χ2n) is 5.31. The van der Waals surface area contributed by atoms with Crippen LogP contribution < -0.4 is 11.1 Å². The van der Waals surface area contributed by atoms with Crippen molar-refractivity contribution in [2.24, 2.45) is 11.1 Å². The third kappa shape index (κ3) is 2.50. The molecule has 2 unspecified atom stereocenters. The van der Waals surface area contributed by atoms with Crippen molar-refractivity contribution in [3.8, 4) is 11.4 Å². The van der Waals surface area contributed by atoms with Gasteiger partial charge >= 0.3 is 0 Å². The van der Waals surface area contributed by atoms with E-state index in [1.54, 1.807) is 12.1 Å². The first-order valence-electron chi connectivity index (χ1n) is 6.58. The molecule has 2 atom stereocenters. The van der Waals surface area contributed by atoms with Crippen molar-refractivity contribution in [2.75, 3.05) is 18.5 Å². The summed E-state index contributed by atoms with van der Waals surface area (Å²) in [5.74, 6) is 0.316. The molecule has 4 N–H and O–H groups in total. The lowest BCUT2D eigenvalue weighted by molar-refractivity contribution is -0.125. The van der Waals surface area contributed by atoms with E-state index in [1.165, 1.54) is 0 Å². The summed E-state index contributed by atoms with van der Waals surface area (Å²) in [5, 5.41) is 16.6. The number of tetrazole rings is 1. The van der Waals surface area contributed by atoms with Gasteiger partial charge in [-0.25, -0.2) is 0 Å². The number of ether oxygens (including phenoxy) is 1. The molecule has 1 aromatic carbocycles. The van der Waals surface area contributed by atoms with Crippen LogP contribution in [0.4, 0.5) is 5.69 Å². The first kappa shape index (κ1) is 13.7. The highest BCUT2D eigenvalue weighted by atomic mass is 16.5. The van der Waals surface area contributed by atoms with E-state index in [9.17, 15) is 4.79 Å². The number of aromatic amines is 1.